The van der Waals surface area contributed by atoms with Gasteiger partial charge in [-0.15, -0.1) is 0 Å². The van der Waals surface area contributed by atoms with Crippen molar-refractivity contribution >= 4 is 5.82 Å². The summed E-state index contributed by atoms with van der Waals surface area (Å²) in [5.74, 6) is 1.13. The van der Waals surface area contributed by atoms with Crippen molar-refractivity contribution in [2.45, 2.75) is 19.4 Å². The lowest BCUT2D eigenvalue weighted by molar-refractivity contribution is 0.477. The highest BCUT2D eigenvalue weighted by atomic mass is 16.3. The summed E-state index contributed by atoms with van der Waals surface area (Å²) in [6, 6.07) is 16.5. The van der Waals surface area contributed by atoms with E-state index in [-0.39, 0.29) is 11.8 Å². The van der Waals surface area contributed by atoms with Crippen LogP contribution in [0.15, 0.2) is 54.7 Å². The molecular weight excluding hydrogens is 338 g/mol. The highest BCUT2D eigenvalue weighted by molar-refractivity contribution is 5.77. The number of nitriles is 1. The molecule has 0 unspecified atom stereocenters. The van der Waals surface area contributed by atoms with Gasteiger partial charge in [0.15, 0.2) is 5.82 Å². The van der Waals surface area contributed by atoms with Crippen LogP contribution in [0.3, 0.4) is 0 Å². The maximum absolute atomic E-state index is 10.3. The fourth-order valence-corrected chi connectivity index (χ4v) is 2.68. The number of aromatic nitrogens is 2. The molecule has 3 rings (SSSR count). The van der Waals surface area contributed by atoms with Crippen LogP contribution in [0.25, 0.3) is 22.5 Å². The van der Waals surface area contributed by atoms with Crippen LogP contribution in [-0.2, 0) is 0 Å². The molecule has 3 aromatic rings. The molecule has 0 amide bonds. The Morgan fingerprint density at radius 2 is 2.00 bits per heavy atom. The Labute approximate surface area is 158 Å². The molecule has 0 aliphatic heterocycles. The van der Waals surface area contributed by atoms with Crippen LogP contribution in [0.5, 0.6) is 5.75 Å². The number of nitrogens with one attached hydrogen (secondary N) is 1. The van der Waals surface area contributed by atoms with Crippen LogP contribution in [0.4, 0.5) is 5.82 Å². The molecule has 1 atom stereocenters. The summed E-state index contributed by atoms with van der Waals surface area (Å²) in [6.07, 6.45) is 2.50. The van der Waals surface area contributed by atoms with Crippen LogP contribution in [0.2, 0.25) is 0 Å². The zero-order valence-corrected chi connectivity index (χ0v) is 15.1. The molecule has 0 aliphatic rings. The van der Waals surface area contributed by atoms with Crippen LogP contribution in [0.1, 0.15) is 18.9 Å². The molecule has 0 saturated heterocycles. The minimum Gasteiger partial charge on any atom is -0.507 e. The maximum Gasteiger partial charge on any atom is 0.165 e. The lowest BCUT2D eigenvalue weighted by Gasteiger charge is -2.12. The van der Waals surface area contributed by atoms with Crippen LogP contribution >= 0.6 is 0 Å². The van der Waals surface area contributed by atoms with Crippen LogP contribution < -0.4 is 11.1 Å². The summed E-state index contributed by atoms with van der Waals surface area (Å²) >= 11 is 0. The third kappa shape index (κ3) is 4.22. The Bertz CT molecular complexity index is 980. The summed E-state index contributed by atoms with van der Waals surface area (Å²) in [7, 11) is 0. The minimum absolute atomic E-state index is 0.0441. The number of hydrogen-bond acceptors (Lipinski definition) is 6. The average Bonchev–Trinajstić information content (AvgIpc) is 2.72. The molecule has 0 saturated carbocycles. The molecule has 0 spiro atoms. The molecule has 0 bridgehead atoms. The standard InChI is InChI=1S/C21H21N5O/c1-2-16(23)13-25-20-9-10-24-21(26-20)18-11-14(7-8-19(18)27)17-6-4-3-5-15(17)12-22/h3-11,16,27H,2,13,23H2,1H3,(H,24,25,26)/t16-/m0/s1. The largest absolute Gasteiger partial charge is 0.507 e. The molecule has 0 radical (unpaired) electrons. The zero-order valence-electron chi connectivity index (χ0n) is 15.1. The van der Waals surface area contributed by atoms with Gasteiger partial charge >= 0.3 is 0 Å². The SMILES string of the molecule is CC[C@H](N)CNc1ccnc(-c2cc(-c3ccccc3C#N)ccc2O)n1. The maximum atomic E-state index is 10.3. The first kappa shape index (κ1) is 18.4. The van der Waals surface area contributed by atoms with Gasteiger partial charge in [0.05, 0.1) is 17.2 Å². The highest BCUT2D eigenvalue weighted by Gasteiger charge is 2.12. The van der Waals surface area contributed by atoms with Gasteiger partial charge in [0, 0.05) is 18.8 Å². The van der Waals surface area contributed by atoms with Gasteiger partial charge < -0.3 is 16.2 Å². The van der Waals surface area contributed by atoms with Crippen molar-refractivity contribution in [3.05, 3.63) is 60.3 Å². The average molecular weight is 359 g/mol. The number of benzene rings is 2. The molecule has 2 aromatic carbocycles. The second-order valence-electron chi connectivity index (χ2n) is 6.20. The van der Waals surface area contributed by atoms with Crippen LogP contribution in [0, 0.1) is 11.3 Å². The fraction of sp³-hybridized carbons (Fsp3) is 0.190. The lowest BCUT2D eigenvalue weighted by Crippen LogP contribution is -2.28. The molecule has 6 heteroatoms. The van der Waals surface area contributed by atoms with E-state index in [0.29, 0.717) is 29.3 Å². The van der Waals surface area contributed by atoms with Gasteiger partial charge in [-0.05, 0) is 41.8 Å². The number of nitrogens with two attached hydrogens (primary N) is 1. The zero-order chi connectivity index (χ0) is 19.2. The molecule has 1 aromatic heterocycles. The van der Waals surface area contributed by atoms with E-state index in [0.717, 1.165) is 17.5 Å². The van der Waals surface area contributed by atoms with Crippen molar-refractivity contribution in [2.75, 3.05) is 11.9 Å². The van der Waals surface area contributed by atoms with E-state index in [9.17, 15) is 10.4 Å². The third-order valence-electron chi connectivity index (χ3n) is 4.32. The van der Waals surface area contributed by atoms with E-state index in [4.69, 9.17) is 5.73 Å². The fourth-order valence-electron chi connectivity index (χ4n) is 2.68. The Kier molecular flexibility index (Phi) is 5.64. The van der Waals surface area contributed by atoms with Gasteiger partial charge in [-0.2, -0.15) is 5.26 Å². The summed E-state index contributed by atoms with van der Waals surface area (Å²) in [5, 5.41) is 22.9. The van der Waals surface area contributed by atoms with E-state index < -0.39 is 0 Å². The summed E-state index contributed by atoms with van der Waals surface area (Å²) in [5.41, 5.74) is 8.62. The summed E-state index contributed by atoms with van der Waals surface area (Å²) in [6.45, 7) is 2.63. The first-order chi connectivity index (χ1) is 13.1. The van der Waals surface area contributed by atoms with E-state index in [2.05, 4.69) is 21.4 Å². The smallest absolute Gasteiger partial charge is 0.165 e. The number of anilines is 1. The van der Waals surface area contributed by atoms with E-state index in [1.54, 1.807) is 36.5 Å². The van der Waals surface area contributed by atoms with Crippen molar-refractivity contribution in [3.63, 3.8) is 0 Å². The number of aromatic hydroxyl groups is 1. The minimum atomic E-state index is 0.0441. The number of phenols is 1. The van der Waals surface area contributed by atoms with Crippen molar-refractivity contribution in [1.29, 1.82) is 5.26 Å². The Morgan fingerprint density at radius 3 is 2.78 bits per heavy atom. The molecule has 0 aliphatic carbocycles. The van der Waals surface area contributed by atoms with E-state index >= 15 is 0 Å². The molecule has 1 heterocycles. The van der Waals surface area contributed by atoms with Gasteiger partial charge in [-0.25, -0.2) is 9.97 Å². The van der Waals surface area contributed by atoms with Gasteiger partial charge in [0.2, 0.25) is 0 Å². The van der Waals surface area contributed by atoms with E-state index in [1.807, 2.05) is 25.1 Å². The Balaban J connectivity index is 1.97. The van der Waals surface area contributed by atoms with Crippen molar-refractivity contribution in [1.82, 2.24) is 9.97 Å². The second-order valence-corrected chi connectivity index (χ2v) is 6.20. The molecule has 27 heavy (non-hydrogen) atoms. The predicted octanol–water partition coefficient (Wildman–Crippen LogP) is 3.54. The highest BCUT2D eigenvalue weighted by Crippen LogP contribution is 2.33. The molecule has 0 fully saturated rings. The molecule has 6 nitrogen and oxygen atoms in total. The van der Waals surface area contributed by atoms with Crippen molar-refractivity contribution < 1.29 is 5.11 Å². The van der Waals surface area contributed by atoms with Crippen LogP contribution in [-0.4, -0.2) is 27.7 Å². The second kappa shape index (κ2) is 8.30. The lowest BCUT2D eigenvalue weighted by atomic mass is 9.98. The van der Waals surface area contributed by atoms with Gasteiger partial charge in [0.1, 0.15) is 11.6 Å². The normalized spacial score (nSPS) is 11.6. The van der Waals surface area contributed by atoms with Crippen molar-refractivity contribution in [2.24, 2.45) is 5.73 Å². The van der Waals surface area contributed by atoms with Gasteiger partial charge in [-0.1, -0.05) is 31.2 Å². The topological polar surface area (TPSA) is 108 Å². The molecule has 4 N–H and O–H groups in total. The van der Waals surface area contributed by atoms with Crippen molar-refractivity contribution in [3.8, 4) is 34.3 Å². The molecular formula is C21H21N5O. The Hall–Kier alpha value is -3.43. The summed E-state index contributed by atoms with van der Waals surface area (Å²) < 4.78 is 0. The van der Waals surface area contributed by atoms with Gasteiger partial charge in [-0.3, -0.25) is 0 Å². The molecule has 136 valence electrons. The number of phenolic OH excluding ortho intramolecular Hbond substituents is 1. The monoisotopic (exact) mass is 359 g/mol. The van der Waals surface area contributed by atoms with E-state index in [1.165, 1.54) is 0 Å². The first-order valence-electron chi connectivity index (χ1n) is 8.77. The number of rotatable bonds is 6. The quantitative estimate of drug-likeness (QED) is 0.621. The number of hydrogen-bond donors (Lipinski definition) is 3. The summed E-state index contributed by atoms with van der Waals surface area (Å²) in [4.78, 5) is 8.77. The predicted molar refractivity (Wildman–Crippen MR) is 106 cm³/mol. The third-order valence-corrected chi connectivity index (χ3v) is 4.32. The van der Waals surface area contributed by atoms with Gasteiger partial charge in [0.25, 0.3) is 0 Å². The first-order valence-corrected chi connectivity index (χ1v) is 8.77. The number of nitrogens with zero attached hydrogens (tertiary/aromatic N) is 3. The Morgan fingerprint density at radius 1 is 1.19 bits per heavy atom.